The Morgan fingerprint density at radius 1 is 1.62 bits per heavy atom. The van der Waals surface area contributed by atoms with Gasteiger partial charge in [-0.3, -0.25) is 4.99 Å². The van der Waals surface area contributed by atoms with Gasteiger partial charge in [-0.25, -0.2) is 4.98 Å². The molecule has 2 rings (SSSR count). The molecular weight excluding hydrogens is 399 g/mol. The minimum atomic E-state index is 0. The summed E-state index contributed by atoms with van der Waals surface area (Å²) in [6.45, 7) is 5.72. The molecule has 0 amide bonds. The minimum absolute atomic E-state index is 0. The molecule has 0 radical (unpaired) electrons. The number of rotatable bonds is 5. The summed E-state index contributed by atoms with van der Waals surface area (Å²) in [4.78, 5) is 12.2. The molecule has 1 aromatic rings. The lowest BCUT2D eigenvalue weighted by molar-refractivity contribution is 0.181. The second kappa shape index (κ2) is 9.58. The second-order valence-electron chi connectivity index (χ2n) is 5.20. The van der Waals surface area contributed by atoms with Crippen molar-refractivity contribution in [1.82, 2.24) is 15.2 Å². The molecule has 120 valence electrons. The van der Waals surface area contributed by atoms with E-state index in [1.165, 1.54) is 9.88 Å². The number of hydrogen-bond donors (Lipinski definition) is 1. The molecule has 1 saturated heterocycles. The van der Waals surface area contributed by atoms with Crippen LogP contribution in [0.5, 0.6) is 0 Å². The van der Waals surface area contributed by atoms with Crippen LogP contribution in [0.1, 0.15) is 16.3 Å². The van der Waals surface area contributed by atoms with E-state index >= 15 is 0 Å². The van der Waals surface area contributed by atoms with E-state index in [2.05, 4.69) is 34.2 Å². The van der Waals surface area contributed by atoms with Crippen molar-refractivity contribution in [2.75, 3.05) is 40.4 Å². The summed E-state index contributed by atoms with van der Waals surface area (Å²) >= 11 is 1.76. The van der Waals surface area contributed by atoms with Crippen LogP contribution in [0.2, 0.25) is 0 Å². The predicted octanol–water partition coefficient (Wildman–Crippen LogP) is 2.16. The van der Waals surface area contributed by atoms with Gasteiger partial charge in [-0.05, 0) is 13.3 Å². The smallest absolute Gasteiger partial charge is 0.193 e. The highest BCUT2D eigenvalue weighted by molar-refractivity contribution is 14.0. The maximum absolute atomic E-state index is 5.42. The fraction of sp³-hybridized carbons (Fsp3) is 0.714. The number of hydrogen-bond acceptors (Lipinski definition) is 4. The van der Waals surface area contributed by atoms with Crippen molar-refractivity contribution in [3.63, 3.8) is 0 Å². The van der Waals surface area contributed by atoms with Crippen molar-refractivity contribution in [2.24, 2.45) is 10.9 Å². The Kier molecular flexibility index (Phi) is 8.50. The van der Waals surface area contributed by atoms with Gasteiger partial charge in [-0.2, -0.15) is 0 Å². The molecule has 7 heteroatoms. The van der Waals surface area contributed by atoms with Crippen LogP contribution in [0, 0.1) is 12.8 Å². The average molecular weight is 424 g/mol. The number of aryl methyl sites for hydroxylation is 1. The third-order valence-electron chi connectivity index (χ3n) is 3.42. The molecule has 5 nitrogen and oxygen atoms in total. The van der Waals surface area contributed by atoms with Gasteiger partial charge in [0.15, 0.2) is 5.96 Å². The van der Waals surface area contributed by atoms with Crippen LogP contribution in [0.3, 0.4) is 0 Å². The third kappa shape index (κ3) is 6.07. The molecule has 2 heterocycles. The zero-order valence-corrected chi connectivity index (χ0v) is 16.1. The molecule has 21 heavy (non-hydrogen) atoms. The normalized spacial score (nSPS) is 18.4. The van der Waals surface area contributed by atoms with Crippen LogP contribution in [0.4, 0.5) is 0 Å². The Morgan fingerprint density at radius 3 is 3.00 bits per heavy atom. The molecule has 1 aliphatic heterocycles. The molecule has 0 bridgehead atoms. The zero-order valence-electron chi connectivity index (χ0n) is 13.0. The topological polar surface area (TPSA) is 49.8 Å². The first kappa shape index (κ1) is 18.6. The first-order valence-electron chi connectivity index (χ1n) is 7.10. The van der Waals surface area contributed by atoms with Gasteiger partial charge in [0.25, 0.3) is 0 Å². The largest absolute Gasteiger partial charge is 0.381 e. The minimum Gasteiger partial charge on any atom is -0.381 e. The van der Waals surface area contributed by atoms with Gasteiger partial charge in [-0.1, -0.05) is 0 Å². The van der Waals surface area contributed by atoms with Gasteiger partial charge in [0.1, 0.15) is 0 Å². The third-order valence-corrected chi connectivity index (χ3v) is 4.39. The van der Waals surface area contributed by atoms with E-state index in [1.807, 2.05) is 13.2 Å². The Morgan fingerprint density at radius 2 is 2.43 bits per heavy atom. The van der Waals surface area contributed by atoms with Crippen molar-refractivity contribution in [2.45, 2.75) is 19.8 Å². The van der Waals surface area contributed by atoms with E-state index < -0.39 is 0 Å². The molecule has 1 N–H and O–H groups in total. The van der Waals surface area contributed by atoms with E-state index in [1.54, 1.807) is 11.3 Å². The Balaban J connectivity index is 0.00000220. The highest BCUT2D eigenvalue weighted by Crippen LogP contribution is 2.13. The molecule has 1 aliphatic rings. The van der Waals surface area contributed by atoms with E-state index in [-0.39, 0.29) is 24.0 Å². The zero-order chi connectivity index (χ0) is 14.4. The van der Waals surface area contributed by atoms with Gasteiger partial charge >= 0.3 is 0 Å². The summed E-state index contributed by atoms with van der Waals surface area (Å²) in [6, 6.07) is 0. The quantitative estimate of drug-likeness (QED) is 0.447. The van der Waals surface area contributed by atoms with Crippen molar-refractivity contribution in [1.29, 1.82) is 0 Å². The molecule has 1 fully saturated rings. The maximum Gasteiger partial charge on any atom is 0.193 e. The Bertz CT molecular complexity index is 446. The molecule has 0 aliphatic carbocycles. The summed E-state index contributed by atoms with van der Waals surface area (Å²) in [7, 11) is 3.92. The van der Waals surface area contributed by atoms with Gasteiger partial charge in [0.05, 0.1) is 11.6 Å². The summed E-state index contributed by atoms with van der Waals surface area (Å²) < 4.78 is 5.42. The van der Waals surface area contributed by atoms with Crippen molar-refractivity contribution < 1.29 is 4.74 Å². The second-order valence-corrected chi connectivity index (χ2v) is 6.52. The van der Waals surface area contributed by atoms with Gasteiger partial charge in [-0.15, -0.1) is 35.3 Å². The first-order valence-corrected chi connectivity index (χ1v) is 7.91. The molecule has 1 unspecified atom stereocenters. The average Bonchev–Trinajstić information content (AvgIpc) is 3.06. The Hall–Kier alpha value is -0.410. The number of thiazole rings is 1. The maximum atomic E-state index is 5.42. The van der Waals surface area contributed by atoms with Crippen molar-refractivity contribution in [3.05, 3.63) is 16.1 Å². The number of aromatic nitrogens is 1. The summed E-state index contributed by atoms with van der Waals surface area (Å²) in [5.41, 5.74) is 0. The van der Waals surface area contributed by atoms with E-state index in [0.29, 0.717) is 5.92 Å². The van der Waals surface area contributed by atoms with E-state index in [9.17, 15) is 0 Å². The van der Waals surface area contributed by atoms with E-state index in [0.717, 1.165) is 45.1 Å². The van der Waals surface area contributed by atoms with Gasteiger partial charge in [0.2, 0.25) is 0 Å². The molecule has 1 aromatic heterocycles. The van der Waals surface area contributed by atoms with Crippen LogP contribution in [-0.2, 0) is 11.2 Å². The SMILES string of the molecule is CN=C(NCCc1ncc(C)s1)N(C)CC1CCOC1.I. The van der Waals surface area contributed by atoms with E-state index in [4.69, 9.17) is 4.74 Å². The first-order chi connectivity index (χ1) is 9.69. The predicted molar refractivity (Wildman–Crippen MR) is 98.9 cm³/mol. The summed E-state index contributed by atoms with van der Waals surface area (Å²) in [6.07, 6.45) is 4.03. The lowest BCUT2D eigenvalue weighted by Gasteiger charge is -2.24. The standard InChI is InChI=1S/C14H24N4OS.HI/c1-11-8-17-13(20-11)4-6-16-14(15-2)18(3)9-12-5-7-19-10-12;/h8,12H,4-7,9-10H2,1-3H3,(H,15,16);1H. The number of aliphatic imine (C=N–C) groups is 1. The summed E-state index contributed by atoms with van der Waals surface area (Å²) in [5.74, 6) is 1.57. The van der Waals surface area contributed by atoms with Crippen LogP contribution in [0.15, 0.2) is 11.2 Å². The highest BCUT2D eigenvalue weighted by Gasteiger charge is 2.18. The van der Waals surface area contributed by atoms with Crippen LogP contribution in [0.25, 0.3) is 0 Å². The fourth-order valence-corrected chi connectivity index (χ4v) is 3.17. The number of nitrogens with one attached hydrogen (secondary N) is 1. The molecule has 1 atom stereocenters. The van der Waals surface area contributed by atoms with Crippen molar-refractivity contribution in [3.8, 4) is 0 Å². The number of ether oxygens (including phenoxy) is 1. The molecular formula is C14H25IN4OS. The highest BCUT2D eigenvalue weighted by atomic mass is 127. The lowest BCUT2D eigenvalue weighted by Crippen LogP contribution is -2.42. The number of nitrogens with zero attached hydrogens (tertiary/aromatic N) is 3. The lowest BCUT2D eigenvalue weighted by atomic mass is 10.1. The van der Waals surface area contributed by atoms with Crippen LogP contribution < -0.4 is 5.32 Å². The summed E-state index contributed by atoms with van der Waals surface area (Å²) in [5, 5.41) is 4.58. The molecule has 0 aromatic carbocycles. The van der Waals surface area contributed by atoms with Crippen LogP contribution in [-0.4, -0.2) is 56.2 Å². The number of guanidine groups is 1. The Labute approximate surface area is 148 Å². The van der Waals surface area contributed by atoms with Crippen molar-refractivity contribution >= 4 is 41.3 Å². The molecule has 0 spiro atoms. The molecule has 0 saturated carbocycles. The van der Waals surface area contributed by atoms with Crippen LogP contribution >= 0.6 is 35.3 Å². The number of halogens is 1. The van der Waals surface area contributed by atoms with Gasteiger partial charge < -0.3 is 15.0 Å². The monoisotopic (exact) mass is 424 g/mol. The van der Waals surface area contributed by atoms with Gasteiger partial charge in [0, 0.05) is 57.2 Å². The fourth-order valence-electron chi connectivity index (χ4n) is 2.38.